The first-order chi connectivity index (χ1) is 15.7. The van der Waals surface area contributed by atoms with Crippen molar-refractivity contribution in [2.45, 2.75) is 49.8 Å². The van der Waals surface area contributed by atoms with Crippen LogP contribution in [-0.2, 0) is 11.3 Å². The number of methoxy groups -OCH3 is 1. The van der Waals surface area contributed by atoms with Gasteiger partial charge in [0, 0.05) is 12.6 Å². The maximum Gasteiger partial charge on any atom is 0.233 e. The van der Waals surface area contributed by atoms with Gasteiger partial charge in [-0.1, -0.05) is 55.3 Å². The Morgan fingerprint density at radius 1 is 1.16 bits per heavy atom. The molecule has 1 aliphatic rings. The third-order valence-corrected chi connectivity index (χ3v) is 6.59. The molecule has 0 N–H and O–H groups in total. The van der Waals surface area contributed by atoms with Crippen LogP contribution in [0.3, 0.4) is 0 Å². The van der Waals surface area contributed by atoms with Crippen molar-refractivity contribution in [3.8, 4) is 11.4 Å². The summed E-state index contributed by atoms with van der Waals surface area (Å²) in [7, 11) is 1.59. The van der Waals surface area contributed by atoms with Crippen molar-refractivity contribution < 1.29 is 13.9 Å². The molecule has 2 aromatic carbocycles. The normalized spacial score (nSPS) is 14.3. The van der Waals surface area contributed by atoms with Crippen LogP contribution in [0.2, 0.25) is 0 Å². The molecule has 1 aromatic heterocycles. The molecule has 3 aromatic rings. The SMILES string of the molecule is COc1ccccc1-n1nnnc1SCC(=O)N(Cc1ccc(F)cc1)C1CCCCC1. The molecule has 0 saturated heterocycles. The summed E-state index contributed by atoms with van der Waals surface area (Å²) in [6.45, 7) is 0.474. The molecule has 1 amide bonds. The minimum atomic E-state index is -0.275. The number of carbonyl (C=O) groups is 1. The Hall–Kier alpha value is -2.94. The summed E-state index contributed by atoms with van der Waals surface area (Å²) in [6, 6.07) is 14.0. The molecule has 1 aliphatic carbocycles. The molecule has 168 valence electrons. The lowest BCUT2D eigenvalue weighted by molar-refractivity contribution is -0.132. The Morgan fingerprint density at radius 2 is 1.91 bits per heavy atom. The van der Waals surface area contributed by atoms with Crippen molar-refractivity contribution in [2.24, 2.45) is 0 Å². The van der Waals surface area contributed by atoms with Crippen molar-refractivity contribution in [3.05, 3.63) is 59.9 Å². The number of ether oxygens (including phenoxy) is 1. The molecule has 4 rings (SSSR count). The first kappa shape index (κ1) is 22.3. The second-order valence-electron chi connectivity index (χ2n) is 7.77. The summed E-state index contributed by atoms with van der Waals surface area (Å²) in [5, 5.41) is 12.5. The molecule has 1 fully saturated rings. The minimum Gasteiger partial charge on any atom is -0.494 e. The van der Waals surface area contributed by atoms with Gasteiger partial charge in [-0.2, -0.15) is 4.68 Å². The van der Waals surface area contributed by atoms with Crippen LogP contribution in [0.1, 0.15) is 37.7 Å². The molecule has 32 heavy (non-hydrogen) atoms. The van der Waals surface area contributed by atoms with Crippen LogP contribution in [0.4, 0.5) is 4.39 Å². The van der Waals surface area contributed by atoms with Gasteiger partial charge in [0.1, 0.15) is 17.3 Å². The van der Waals surface area contributed by atoms with E-state index >= 15 is 0 Å². The van der Waals surface area contributed by atoms with E-state index in [9.17, 15) is 9.18 Å². The number of halogens is 1. The number of amides is 1. The molecule has 1 heterocycles. The topological polar surface area (TPSA) is 73.1 Å². The van der Waals surface area contributed by atoms with E-state index < -0.39 is 0 Å². The van der Waals surface area contributed by atoms with Crippen molar-refractivity contribution in [2.75, 3.05) is 12.9 Å². The summed E-state index contributed by atoms with van der Waals surface area (Å²) in [5.41, 5.74) is 1.64. The van der Waals surface area contributed by atoms with Crippen molar-refractivity contribution in [1.29, 1.82) is 0 Å². The minimum absolute atomic E-state index is 0.0285. The highest BCUT2D eigenvalue weighted by atomic mass is 32.2. The molecule has 0 aliphatic heterocycles. The second kappa shape index (κ2) is 10.6. The van der Waals surface area contributed by atoms with E-state index in [1.165, 1.54) is 30.3 Å². The van der Waals surface area contributed by atoms with Gasteiger partial charge in [0.15, 0.2) is 0 Å². The second-order valence-corrected chi connectivity index (χ2v) is 8.72. The van der Waals surface area contributed by atoms with E-state index in [1.54, 1.807) is 23.9 Å². The summed E-state index contributed by atoms with van der Waals surface area (Å²) < 4.78 is 20.3. The maximum absolute atomic E-state index is 13.3. The zero-order chi connectivity index (χ0) is 22.3. The molecule has 1 saturated carbocycles. The number of tetrazole rings is 1. The van der Waals surface area contributed by atoms with Gasteiger partial charge in [0.2, 0.25) is 11.1 Å². The fourth-order valence-electron chi connectivity index (χ4n) is 4.03. The van der Waals surface area contributed by atoms with Crippen LogP contribution >= 0.6 is 11.8 Å². The average Bonchev–Trinajstić information content (AvgIpc) is 3.31. The zero-order valence-electron chi connectivity index (χ0n) is 18.0. The van der Waals surface area contributed by atoms with E-state index in [1.807, 2.05) is 29.2 Å². The van der Waals surface area contributed by atoms with Crippen LogP contribution in [0.5, 0.6) is 5.75 Å². The average molecular weight is 456 g/mol. The van der Waals surface area contributed by atoms with Crippen LogP contribution in [0.25, 0.3) is 5.69 Å². The van der Waals surface area contributed by atoms with Gasteiger partial charge < -0.3 is 9.64 Å². The van der Waals surface area contributed by atoms with Crippen LogP contribution in [0, 0.1) is 5.82 Å². The van der Waals surface area contributed by atoms with Crippen LogP contribution in [0.15, 0.2) is 53.7 Å². The van der Waals surface area contributed by atoms with E-state index in [0.29, 0.717) is 23.1 Å². The van der Waals surface area contributed by atoms with Gasteiger partial charge in [-0.25, -0.2) is 4.39 Å². The Morgan fingerprint density at radius 3 is 2.66 bits per heavy atom. The number of rotatable bonds is 8. The third-order valence-electron chi connectivity index (χ3n) is 5.68. The number of hydrogen-bond acceptors (Lipinski definition) is 6. The molecule has 7 nitrogen and oxygen atoms in total. The van der Waals surface area contributed by atoms with E-state index in [2.05, 4.69) is 15.5 Å². The van der Waals surface area contributed by atoms with Crippen molar-refractivity contribution >= 4 is 17.7 Å². The Kier molecular flexibility index (Phi) is 7.36. The molecule has 0 atom stereocenters. The summed E-state index contributed by atoms with van der Waals surface area (Å²) in [5.74, 6) is 0.615. The highest BCUT2D eigenvalue weighted by Crippen LogP contribution is 2.28. The molecular weight excluding hydrogens is 429 g/mol. The quantitative estimate of drug-likeness (QED) is 0.473. The first-order valence-electron chi connectivity index (χ1n) is 10.7. The Balaban J connectivity index is 1.49. The Labute approximate surface area is 190 Å². The van der Waals surface area contributed by atoms with Crippen molar-refractivity contribution in [3.63, 3.8) is 0 Å². The molecule has 0 spiro atoms. The smallest absolute Gasteiger partial charge is 0.233 e. The lowest BCUT2D eigenvalue weighted by atomic mass is 9.94. The number of hydrogen-bond donors (Lipinski definition) is 0. The van der Waals surface area contributed by atoms with Gasteiger partial charge in [-0.15, -0.1) is 5.10 Å². The van der Waals surface area contributed by atoms with Gasteiger partial charge in [-0.3, -0.25) is 4.79 Å². The van der Waals surface area contributed by atoms with E-state index in [-0.39, 0.29) is 23.5 Å². The van der Waals surface area contributed by atoms with Crippen LogP contribution in [-0.4, -0.2) is 49.9 Å². The highest BCUT2D eigenvalue weighted by Gasteiger charge is 2.26. The van der Waals surface area contributed by atoms with Gasteiger partial charge >= 0.3 is 0 Å². The highest BCUT2D eigenvalue weighted by molar-refractivity contribution is 7.99. The molecular formula is C23H26FN5O2S. The lowest BCUT2D eigenvalue weighted by Gasteiger charge is -2.34. The maximum atomic E-state index is 13.3. The summed E-state index contributed by atoms with van der Waals surface area (Å²) in [4.78, 5) is 15.2. The number of carbonyl (C=O) groups excluding carboxylic acids is 1. The monoisotopic (exact) mass is 455 g/mol. The summed E-state index contributed by atoms with van der Waals surface area (Å²) >= 11 is 1.30. The molecule has 0 bridgehead atoms. The fraction of sp³-hybridized carbons (Fsp3) is 0.391. The number of nitrogens with zero attached hydrogens (tertiary/aromatic N) is 5. The van der Waals surface area contributed by atoms with Gasteiger partial charge in [0.05, 0.1) is 12.9 Å². The van der Waals surface area contributed by atoms with Gasteiger partial charge in [-0.05, 0) is 53.1 Å². The fourth-order valence-corrected chi connectivity index (χ4v) is 4.80. The molecule has 9 heteroatoms. The lowest BCUT2D eigenvalue weighted by Crippen LogP contribution is -2.42. The predicted octanol–water partition coefficient (Wildman–Crippen LogP) is 4.26. The van der Waals surface area contributed by atoms with Crippen molar-refractivity contribution in [1.82, 2.24) is 25.1 Å². The van der Waals surface area contributed by atoms with E-state index in [4.69, 9.17) is 4.74 Å². The number of benzene rings is 2. The third kappa shape index (κ3) is 5.27. The zero-order valence-corrected chi connectivity index (χ0v) is 18.8. The predicted molar refractivity (Wildman–Crippen MR) is 120 cm³/mol. The van der Waals surface area contributed by atoms with Gasteiger partial charge in [0.25, 0.3) is 0 Å². The largest absolute Gasteiger partial charge is 0.494 e. The summed E-state index contributed by atoms with van der Waals surface area (Å²) in [6.07, 6.45) is 5.44. The standard InChI is InChI=1S/C23H26FN5O2S/c1-31-21-10-6-5-9-20(21)29-23(25-26-27-29)32-16-22(30)28(19-7-3-2-4-8-19)15-17-11-13-18(24)14-12-17/h5-6,9-14,19H,2-4,7-8,15-16H2,1H3. The molecule has 0 radical (unpaired) electrons. The number of aromatic nitrogens is 4. The van der Waals surface area contributed by atoms with Crippen LogP contribution < -0.4 is 4.74 Å². The first-order valence-corrected chi connectivity index (χ1v) is 11.7. The Bertz CT molecular complexity index is 1040. The number of para-hydroxylation sites is 2. The molecule has 0 unspecified atom stereocenters. The van der Waals surface area contributed by atoms with E-state index in [0.717, 1.165) is 31.2 Å². The number of thioether (sulfide) groups is 1.